The van der Waals surface area contributed by atoms with E-state index in [0.29, 0.717) is 18.2 Å². The van der Waals surface area contributed by atoms with Crippen molar-refractivity contribution in [1.82, 2.24) is 24.4 Å². The van der Waals surface area contributed by atoms with Crippen molar-refractivity contribution < 1.29 is 0 Å². The number of fused-ring (bicyclic) bond motifs is 1. The summed E-state index contributed by atoms with van der Waals surface area (Å²) in [6, 6.07) is 6.11. The molecule has 0 amide bonds. The van der Waals surface area contributed by atoms with Crippen LogP contribution in [0.4, 0.5) is 0 Å². The molecule has 1 atom stereocenters. The summed E-state index contributed by atoms with van der Waals surface area (Å²) in [7, 11) is 0. The lowest BCUT2D eigenvalue weighted by molar-refractivity contribution is 0.165. The van der Waals surface area contributed by atoms with Gasteiger partial charge in [0.05, 0.1) is 6.54 Å². The fourth-order valence-electron chi connectivity index (χ4n) is 2.55. The van der Waals surface area contributed by atoms with Crippen molar-refractivity contribution in [2.45, 2.75) is 19.5 Å². The number of rotatable bonds is 3. The first-order chi connectivity index (χ1) is 9.25. The van der Waals surface area contributed by atoms with Crippen LogP contribution in [0, 0.1) is 0 Å². The van der Waals surface area contributed by atoms with E-state index in [4.69, 9.17) is 0 Å². The predicted octanol–water partition coefficient (Wildman–Crippen LogP) is 0.211. The van der Waals surface area contributed by atoms with E-state index in [1.165, 1.54) is 0 Å². The number of halogens is 1. The molecule has 1 aliphatic heterocycles. The maximum absolute atomic E-state index is 12.1. The van der Waals surface area contributed by atoms with Gasteiger partial charge in [-0.1, -0.05) is 6.07 Å². The Balaban J connectivity index is 0.00000147. The van der Waals surface area contributed by atoms with Crippen LogP contribution in [-0.4, -0.2) is 51.3 Å². The van der Waals surface area contributed by atoms with Crippen LogP contribution < -0.4 is 11.0 Å². The molecule has 1 N–H and O–H groups in total. The summed E-state index contributed by atoms with van der Waals surface area (Å²) in [5.41, 5.74) is 0.652. The molecule has 0 aliphatic carbocycles. The highest BCUT2D eigenvalue weighted by atomic mass is 35.5. The molecular weight excluding hydrogens is 278 g/mol. The lowest BCUT2D eigenvalue weighted by atomic mass is 10.2. The summed E-state index contributed by atoms with van der Waals surface area (Å²) in [5.74, 6) is 0. The minimum absolute atomic E-state index is 0. The number of nitrogens with zero attached hydrogens (tertiary/aromatic N) is 4. The number of hydrogen-bond donors (Lipinski definition) is 1. The lowest BCUT2D eigenvalue weighted by Crippen LogP contribution is -2.50. The van der Waals surface area contributed by atoms with Crippen LogP contribution in [0.1, 0.15) is 6.92 Å². The molecule has 20 heavy (non-hydrogen) atoms. The van der Waals surface area contributed by atoms with Gasteiger partial charge in [-0.25, -0.2) is 9.48 Å². The molecule has 7 heteroatoms. The Bertz CT molecular complexity index is 622. The smallest absolute Gasteiger partial charge is 0.314 e. The Morgan fingerprint density at radius 2 is 2.25 bits per heavy atom. The summed E-state index contributed by atoms with van der Waals surface area (Å²) >= 11 is 0. The Morgan fingerprint density at radius 1 is 1.40 bits per heavy atom. The number of pyridine rings is 1. The zero-order valence-corrected chi connectivity index (χ0v) is 12.3. The zero-order chi connectivity index (χ0) is 13.2. The third-order valence-electron chi connectivity index (χ3n) is 3.73. The van der Waals surface area contributed by atoms with Crippen LogP contribution in [0.15, 0.2) is 29.2 Å². The Hall–Kier alpha value is -1.37. The maximum Gasteiger partial charge on any atom is 0.350 e. The second-order valence-electron chi connectivity index (χ2n) is 5.02. The molecule has 1 aliphatic rings. The largest absolute Gasteiger partial charge is 0.350 e. The first kappa shape index (κ1) is 15.0. The summed E-state index contributed by atoms with van der Waals surface area (Å²) in [4.78, 5) is 14.5. The predicted molar refractivity (Wildman–Crippen MR) is 80.6 cm³/mol. The maximum atomic E-state index is 12.1. The van der Waals surface area contributed by atoms with Gasteiger partial charge in [-0.15, -0.1) is 17.5 Å². The fourth-order valence-corrected chi connectivity index (χ4v) is 2.55. The average molecular weight is 298 g/mol. The molecule has 3 rings (SSSR count). The van der Waals surface area contributed by atoms with Gasteiger partial charge in [-0.2, -0.15) is 0 Å². The van der Waals surface area contributed by atoms with E-state index >= 15 is 0 Å². The van der Waals surface area contributed by atoms with Crippen molar-refractivity contribution in [3.05, 3.63) is 34.9 Å². The van der Waals surface area contributed by atoms with Gasteiger partial charge in [0.2, 0.25) is 0 Å². The van der Waals surface area contributed by atoms with E-state index in [2.05, 4.69) is 22.2 Å². The van der Waals surface area contributed by atoms with E-state index in [9.17, 15) is 4.79 Å². The van der Waals surface area contributed by atoms with Gasteiger partial charge >= 0.3 is 5.69 Å². The first-order valence-corrected chi connectivity index (χ1v) is 6.75. The van der Waals surface area contributed by atoms with Gasteiger partial charge in [0.25, 0.3) is 0 Å². The van der Waals surface area contributed by atoms with Gasteiger partial charge in [0.1, 0.15) is 0 Å². The van der Waals surface area contributed by atoms with Gasteiger partial charge in [0.15, 0.2) is 5.65 Å². The van der Waals surface area contributed by atoms with Crippen LogP contribution in [-0.2, 0) is 6.54 Å². The second-order valence-corrected chi connectivity index (χ2v) is 5.02. The summed E-state index contributed by atoms with van der Waals surface area (Å²) < 4.78 is 3.14. The van der Waals surface area contributed by atoms with Crippen LogP contribution in [0.2, 0.25) is 0 Å². The third kappa shape index (κ3) is 2.87. The van der Waals surface area contributed by atoms with Crippen LogP contribution in [0.3, 0.4) is 0 Å². The lowest BCUT2D eigenvalue weighted by Gasteiger charge is -2.33. The summed E-state index contributed by atoms with van der Waals surface area (Å²) in [6.45, 7) is 6.78. The van der Waals surface area contributed by atoms with Crippen molar-refractivity contribution in [3.8, 4) is 0 Å². The zero-order valence-electron chi connectivity index (χ0n) is 11.5. The third-order valence-corrected chi connectivity index (χ3v) is 3.73. The summed E-state index contributed by atoms with van der Waals surface area (Å²) in [6.07, 6.45) is 1.76. The molecule has 1 fully saturated rings. The molecular formula is C13H20ClN5O. The normalized spacial score (nSPS) is 19.9. The minimum Gasteiger partial charge on any atom is -0.314 e. The Kier molecular flexibility index (Phi) is 4.80. The second kappa shape index (κ2) is 6.39. The topological polar surface area (TPSA) is 54.6 Å². The molecule has 2 aromatic heterocycles. The van der Waals surface area contributed by atoms with E-state index in [-0.39, 0.29) is 18.1 Å². The highest BCUT2D eigenvalue weighted by molar-refractivity contribution is 5.85. The molecule has 1 saturated heterocycles. The molecule has 0 aromatic carbocycles. The minimum atomic E-state index is -0.0570. The van der Waals surface area contributed by atoms with Crippen LogP contribution in [0.5, 0.6) is 0 Å². The SMILES string of the molecule is C[C@@H]1CNCCN1CCn1nc2ccccn2c1=O.Cl. The summed E-state index contributed by atoms with van der Waals surface area (Å²) in [5, 5.41) is 7.71. The van der Waals surface area contributed by atoms with E-state index < -0.39 is 0 Å². The van der Waals surface area contributed by atoms with Gasteiger partial charge in [0, 0.05) is 38.4 Å². The highest BCUT2D eigenvalue weighted by Crippen LogP contribution is 2.02. The van der Waals surface area contributed by atoms with E-state index in [0.717, 1.165) is 26.2 Å². The van der Waals surface area contributed by atoms with E-state index in [1.54, 1.807) is 15.3 Å². The fraction of sp³-hybridized carbons (Fsp3) is 0.538. The molecule has 0 radical (unpaired) electrons. The Labute approximate surface area is 123 Å². The number of hydrogen-bond acceptors (Lipinski definition) is 4. The van der Waals surface area contributed by atoms with E-state index in [1.807, 2.05) is 18.2 Å². The van der Waals surface area contributed by atoms with Crippen molar-refractivity contribution >= 4 is 18.1 Å². The number of nitrogens with one attached hydrogen (secondary N) is 1. The quantitative estimate of drug-likeness (QED) is 0.880. The molecule has 6 nitrogen and oxygen atoms in total. The van der Waals surface area contributed by atoms with Gasteiger partial charge < -0.3 is 5.32 Å². The monoisotopic (exact) mass is 297 g/mol. The van der Waals surface area contributed by atoms with Crippen molar-refractivity contribution in [2.24, 2.45) is 0 Å². The first-order valence-electron chi connectivity index (χ1n) is 6.75. The molecule has 2 aromatic rings. The van der Waals surface area contributed by atoms with Crippen molar-refractivity contribution in [1.29, 1.82) is 0 Å². The van der Waals surface area contributed by atoms with Gasteiger partial charge in [-0.3, -0.25) is 9.30 Å². The van der Waals surface area contributed by atoms with Gasteiger partial charge in [-0.05, 0) is 19.1 Å². The molecule has 0 unspecified atom stereocenters. The number of aromatic nitrogens is 3. The average Bonchev–Trinajstić information content (AvgIpc) is 2.75. The Morgan fingerprint density at radius 3 is 3.00 bits per heavy atom. The number of piperazine rings is 1. The molecule has 3 heterocycles. The van der Waals surface area contributed by atoms with Crippen LogP contribution >= 0.6 is 12.4 Å². The molecule has 0 spiro atoms. The molecule has 0 saturated carbocycles. The van der Waals surface area contributed by atoms with Crippen molar-refractivity contribution in [3.63, 3.8) is 0 Å². The highest BCUT2D eigenvalue weighted by Gasteiger charge is 2.17. The standard InChI is InChI=1S/C13H19N5O.ClH/c1-11-10-14-5-7-16(11)8-9-18-13(19)17-6-3-2-4-12(17)15-18;/h2-4,6,11,14H,5,7-10H2,1H3;1H/t11-;/m1./s1. The van der Waals surface area contributed by atoms with Crippen LogP contribution in [0.25, 0.3) is 5.65 Å². The molecule has 110 valence electrons. The molecule has 0 bridgehead atoms. The van der Waals surface area contributed by atoms with Crippen molar-refractivity contribution in [2.75, 3.05) is 26.2 Å².